The van der Waals surface area contributed by atoms with E-state index in [1.54, 1.807) is 0 Å². The molecule has 1 saturated carbocycles. The molecule has 0 aromatic heterocycles. The first-order chi connectivity index (χ1) is 9.81. The van der Waals surface area contributed by atoms with Gasteiger partial charge in [-0.3, -0.25) is 4.90 Å². The maximum absolute atomic E-state index is 3.78. The summed E-state index contributed by atoms with van der Waals surface area (Å²) in [7, 11) is 0. The van der Waals surface area contributed by atoms with E-state index in [2.05, 4.69) is 35.8 Å². The Balaban J connectivity index is 1.55. The normalized spacial score (nSPS) is 41.4. The van der Waals surface area contributed by atoms with Gasteiger partial charge in [0.25, 0.3) is 0 Å². The fraction of sp³-hybridized carbons (Fsp3) is 1.00. The molecule has 2 saturated heterocycles. The van der Waals surface area contributed by atoms with E-state index in [0.29, 0.717) is 0 Å². The van der Waals surface area contributed by atoms with Crippen LogP contribution in [0.5, 0.6) is 0 Å². The van der Waals surface area contributed by atoms with Gasteiger partial charge in [-0.2, -0.15) is 11.8 Å². The lowest BCUT2D eigenvalue weighted by molar-refractivity contribution is 0.0725. The molecule has 4 atom stereocenters. The van der Waals surface area contributed by atoms with Crippen LogP contribution in [0.4, 0.5) is 0 Å². The second-order valence-corrected chi connectivity index (χ2v) is 8.58. The van der Waals surface area contributed by atoms with Crippen LogP contribution in [0.2, 0.25) is 0 Å². The highest BCUT2D eigenvalue weighted by Gasteiger charge is 2.45. The van der Waals surface area contributed by atoms with Crippen LogP contribution in [0.3, 0.4) is 0 Å². The van der Waals surface area contributed by atoms with Crippen molar-refractivity contribution in [3.05, 3.63) is 0 Å². The topological polar surface area (TPSA) is 15.3 Å². The first kappa shape index (κ1) is 15.2. The minimum atomic E-state index is 0.811. The smallest absolute Gasteiger partial charge is 0.0116 e. The Morgan fingerprint density at radius 3 is 2.25 bits per heavy atom. The molecule has 0 aromatic rings. The average molecular weight is 297 g/mol. The molecule has 0 radical (unpaired) electrons. The molecular weight excluding hydrogens is 264 g/mol. The van der Waals surface area contributed by atoms with Crippen molar-refractivity contribution in [1.82, 2.24) is 10.2 Å². The lowest BCUT2D eigenvalue weighted by Crippen LogP contribution is -2.52. The zero-order valence-electron chi connectivity index (χ0n) is 13.3. The summed E-state index contributed by atoms with van der Waals surface area (Å²) in [5.74, 6) is 1.30. The van der Waals surface area contributed by atoms with Gasteiger partial charge in [0.2, 0.25) is 0 Å². The standard InChI is InChI=1S/C17H32N2S/c1-3-9-18-13-10-14-5-6-15(11-13)19(14)16-7-8-17(12-16)20-4-2/h13-18H,3-12H2,1-2H3. The first-order valence-corrected chi connectivity index (χ1v) is 9.99. The molecule has 2 nitrogen and oxygen atoms in total. The van der Waals surface area contributed by atoms with Crippen LogP contribution in [-0.4, -0.2) is 46.6 Å². The summed E-state index contributed by atoms with van der Waals surface area (Å²) in [5, 5.41) is 4.74. The molecule has 3 rings (SSSR count). The molecule has 2 bridgehead atoms. The zero-order chi connectivity index (χ0) is 13.9. The lowest BCUT2D eigenvalue weighted by Gasteiger charge is -2.43. The number of rotatable bonds is 6. The second-order valence-electron chi connectivity index (χ2n) is 7.00. The lowest BCUT2D eigenvalue weighted by atomic mass is 9.95. The van der Waals surface area contributed by atoms with Gasteiger partial charge in [-0.25, -0.2) is 0 Å². The molecule has 0 spiro atoms. The summed E-state index contributed by atoms with van der Waals surface area (Å²) in [4.78, 5) is 2.97. The van der Waals surface area contributed by atoms with E-state index in [9.17, 15) is 0 Å². The van der Waals surface area contributed by atoms with Crippen molar-refractivity contribution in [1.29, 1.82) is 0 Å². The number of piperidine rings is 1. The van der Waals surface area contributed by atoms with Gasteiger partial charge >= 0.3 is 0 Å². The van der Waals surface area contributed by atoms with E-state index in [1.165, 1.54) is 63.7 Å². The van der Waals surface area contributed by atoms with E-state index >= 15 is 0 Å². The van der Waals surface area contributed by atoms with Crippen LogP contribution in [0.1, 0.15) is 65.2 Å². The van der Waals surface area contributed by atoms with Crippen LogP contribution < -0.4 is 5.32 Å². The number of hydrogen-bond acceptors (Lipinski definition) is 3. The van der Waals surface area contributed by atoms with Crippen LogP contribution in [0.25, 0.3) is 0 Å². The highest BCUT2D eigenvalue weighted by atomic mass is 32.2. The van der Waals surface area contributed by atoms with Gasteiger partial charge in [-0.1, -0.05) is 13.8 Å². The minimum Gasteiger partial charge on any atom is -0.314 e. The SMILES string of the molecule is CCCNC1CC2CCC(C1)N2C1CCC(SCC)C1. The van der Waals surface area contributed by atoms with Gasteiger partial charge < -0.3 is 5.32 Å². The summed E-state index contributed by atoms with van der Waals surface area (Å²) in [6.07, 6.45) is 11.5. The van der Waals surface area contributed by atoms with Gasteiger partial charge in [-0.15, -0.1) is 0 Å². The molecule has 2 aliphatic heterocycles. The highest BCUT2D eigenvalue weighted by molar-refractivity contribution is 7.99. The Morgan fingerprint density at radius 1 is 0.950 bits per heavy atom. The van der Waals surface area contributed by atoms with Crippen molar-refractivity contribution in [2.45, 2.75) is 94.6 Å². The zero-order valence-corrected chi connectivity index (χ0v) is 14.1. The molecule has 3 fully saturated rings. The van der Waals surface area contributed by atoms with E-state index < -0.39 is 0 Å². The number of thioether (sulfide) groups is 1. The molecule has 1 N–H and O–H groups in total. The van der Waals surface area contributed by atoms with Crippen molar-refractivity contribution in [3.63, 3.8) is 0 Å². The minimum absolute atomic E-state index is 0.811. The average Bonchev–Trinajstić information content (AvgIpc) is 2.99. The molecule has 116 valence electrons. The highest BCUT2D eigenvalue weighted by Crippen LogP contribution is 2.42. The molecule has 1 aliphatic carbocycles. The van der Waals surface area contributed by atoms with Crippen LogP contribution >= 0.6 is 11.8 Å². The summed E-state index contributed by atoms with van der Waals surface area (Å²) < 4.78 is 0. The van der Waals surface area contributed by atoms with Crippen molar-refractivity contribution in [2.24, 2.45) is 0 Å². The van der Waals surface area contributed by atoms with Crippen LogP contribution in [0, 0.1) is 0 Å². The molecule has 0 aromatic carbocycles. The van der Waals surface area contributed by atoms with E-state index in [1.807, 2.05) is 0 Å². The molecular formula is C17H32N2S. The largest absolute Gasteiger partial charge is 0.314 e. The predicted molar refractivity (Wildman–Crippen MR) is 89.5 cm³/mol. The van der Waals surface area contributed by atoms with Crippen LogP contribution in [-0.2, 0) is 0 Å². The second kappa shape index (κ2) is 7.02. The van der Waals surface area contributed by atoms with Gasteiger partial charge in [0.15, 0.2) is 0 Å². The predicted octanol–water partition coefficient (Wildman–Crippen LogP) is 3.66. The molecule has 3 heteroatoms. The molecule has 2 heterocycles. The van der Waals surface area contributed by atoms with Gasteiger partial charge in [0.05, 0.1) is 0 Å². The summed E-state index contributed by atoms with van der Waals surface area (Å²) >= 11 is 2.20. The third kappa shape index (κ3) is 3.20. The van der Waals surface area contributed by atoms with E-state index in [4.69, 9.17) is 0 Å². The van der Waals surface area contributed by atoms with Gasteiger partial charge in [0, 0.05) is 29.4 Å². The maximum Gasteiger partial charge on any atom is 0.0116 e. The van der Waals surface area contributed by atoms with Crippen molar-refractivity contribution in [2.75, 3.05) is 12.3 Å². The molecule has 20 heavy (non-hydrogen) atoms. The Labute approximate surface area is 129 Å². The Bertz CT molecular complexity index is 295. The van der Waals surface area contributed by atoms with Crippen molar-refractivity contribution < 1.29 is 0 Å². The maximum atomic E-state index is 3.78. The Hall–Kier alpha value is 0.270. The number of fused-ring (bicyclic) bond motifs is 2. The fourth-order valence-electron chi connectivity index (χ4n) is 4.90. The summed E-state index contributed by atoms with van der Waals surface area (Å²) in [6.45, 7) is 5.80. The Kier molecular flexibility index (Phi) is 5.33. The van der Waals surface area contributed by atoms with Crippen LogP contribution in [0.15, 0.2) is 0 Å². The molecule has 4 unspecified atom stereocenters. The van der Waals surface area contributed by atoms with Crippen molar-refractivity contribution in [3.8, 4) is 0 Å². The molecule has 3 aliphatic rings. The summed E-state index contributed by atoms with van der Waals surface area (Å²) in [5.41, 5.74) is 0. The van der Waals surface area contributed by atoms with E-state index in [0.717, 1.165) is 29.4 Å². The monoisotopic (exact) mass is 296 g/mol. The summed E-state index contributed by atoms with van der Waals surface area (Å²) in [6, 6.07) is 3.53. The fourth-order valence-corrected chi connectivity index (χ4v) is 6.03. The van der Waals surface area contributed by atoms with Gasteiger partial charge in [0.1, 0.15) is 0 Å². The number of nitrogens with zero attached hydrogens (tertiary/aromatic N) is 1. The molecule has 0 amide bonds. The third-order valence-electron chi connectivity index (χ3n) is 5.65. The quantitative estimate of drug-likeness (QED) is 0.805. The number of nitrogens with one attached hydrogen (secondary N) is 1. The number of hydrogen-bond donors (Lipinski definition) is 1. The van der Waals surface area contributed by atoms with Gasteiger partial charge in [-0.05, 0) is 63.7 Å². The Morgan fingerprint density at radius 2 is 1.60 bits per heavy atom. The van der Waals surface area contributed by atoms with E-state index in [-0.39, 0.29) is 0 Å². The van der Waals surface area contributed by atoms with Crippen molar-refractivity contribution >= 4 is 11.8 Å². The third-order valence-corrected chi connectivity index (χ3v) is 6.89. The first-order valence-electron chi connectivity index (χ1n) is 8.94.